The van der Waals surface area contributed by atoms with Crippen molar-refractivity contribution in [2.75, 3.05) is 27.4 Å². The first-order valence-corrected chi connectivity index (χ1v) is 4.99. The van der Waals surface area contributed by atoms with E-state index < -0.39 is 5.60 Å². The summed E-state index contributed by atoms with van der Waals surface area (Å²) in [5, 5.41) is 2.80. The zero-order valence-corrected chi connectivity index (χ0v) is 9.84. The second kappa shape index (κ2) is 7.43. The molecule has 0 radical (unpaired) electrons. The largest absolute Gasteiger partial charge is 0.382 e. The van der Waals surface area contributed by atoms with Crippen LogP contribution in [-0.4, -0.2) is 38.9 Å². The summed E-state index contributed by atoms with van der Waals surface area (Å²) in [6.07, 6.45) is 2.89. The lowest BCUT2D eigenvalue weighted by Crippen LogP contribution is -2.45. The zero-order chi connectivity index (χ0) is 11.7. The Morgan fingerprint density at radius 2 is 2.20 bits per heavy atom. The SMILES string of the molecule is C=CCCC(=O)NCC(C)(COC)OC. The summed E-state index contributed by atoms with van der Waals surface area (Å²) in [4.78, 5) is 11.3. The molecule has 1 N–H and O–H groups in total. The first-order valence-electron chi connectivity index (χ1n) is 4.99. The van der Waals surface area contributed by atoms with E-state index in [2.05, 4.69) is 11.9 Å². The Morgan fingerprint density at radius 1 is 1.53 bits per heavy atom. The van der Waals surface area contributed by atoms with Crippen molar-refractivity contribution in [3.8, 4) is 0 Å². The van der Waals surface area contributed by atoms with E-state index in [9.17, 15) is 4.79 Å². The Balaban J connectivity index is 3.88. The van der Waals surface area contributed by atoms with Crippen LogP contribution in [0.4, 0.5) is 0 Å². The minimum Gasteiger partial charge on any atom is -0.382 e. The van der Waals surface area contributed by atoms with Gasteiger partial charge >= 0.3 is 0 Å². The molecule has 0 heterocycles. The summed E-state index contributed by atoms with van der Waals surface area (Å²) < 4.78 is 10.3. The third-order valence-electron chi connectivity index (χ3n) is 2.18. The maximum absolute atomic E-state index is 11.3. The van der Waals surface area contributed by atoms with E-state index >= 15 is 0 Å². The van der Waals surface area contributed by atoms with Gasteiger partial charge in [0, 0.05) is 27.2 Å². The number of amides is 1. The average molecular weight is 215 g/mol. The fourth-order valence-corrected chi connectivity index (χ4v) is 1.09. The third kappa shape index (κ3) is 6.25. The molecule has 4 heteroatoms. The number of hydrogen-bond donors (Lipinski definition) is 1. The maximum Gasteiger partial charge on any atom is 0.220 e. The predicted octanol–water partition coefficient (Wildman–Crippen LogP) is 1.12. The Morgan fingerprint density at radius 3 is 2.67 bits per heavy atom. The van der Waals surface area contributed by atoms with Gasteiger partial charge in [-0.1, -0.05) is 6.08 Å². The molecular weight excluding hydrogens is 194 g/mol. The number of nitrogens with one attached hydrogen (secondary N) is 1. The third-order valence-corrected chi connectivity index (χ3v) is 2.18. The molecule has 0 aromatic heterocycles. The van der Waals surface area contributed by atoms with Gasteiger partial charge in [0.15, 0.2) is 0 Å². The molecule has 0 rings (SSSR count). The summed E-state index contributed by atoms with van der Waals surface area (Å²) in [7, 11) is 3.21. The van der Waals surface area contributed by atoms with E-state index in [0.717, 1.165) is 0 Å². The monoisotopic (exact) mass is 215 g/mol. The molecule has 0 fully saturated rings. The van der Waals surface area contributed by atoms with Gasteiger partial charge in [-0.05, 0) is 13.3 Å². The number of allylic oxidation sites excluding steroid dienone is 1. The van der Waals surface area contributed by atoms with Crippen molar-refractivity contribution in [3.05, 3.63) is 12.7 Å². The summed E-state index contributed by atoms with van der Waals surface area (Å²) in [5.74, 6) is 0.00859. The van der Waals surface area contributed by atoms with Crippen molar-refractivity contribution in [3.63, 3.8) is 0 Å². The van der Waals surface area contributed by atoms with Gasteiger partial charge in [-0.3, -0.25) is 4.79 Å². The smallest absolute Gasteiger partial charge is 0.220 e. The molecule has 0 aromatic rings. The van der Waals surface area contributed by atoms with Crippen molar-refractivity contribution in [2.45, 2.75) is 25.4 Å². The van der Waals surface area contributed by atoms with Crippen LogP contribution in [0.15, 0.2) is 12.7 Å². The fourth-order valence-electron chi connectivity index (χ4n) is 1.09. The van der Waals surface area contributed by atoms with Crippen LogP contribution in [0.2, 0.25) is 0 Å². The molecule has 0 saturated carbocycles. The van der Waals surface area contributed by atoms with Crippen LogP contribution < -0.4 is 5.32 Å². The van der Waals surface area contributed by atoms with Gasteiger partial charge in [0.05, 0.1) is 6.61 Å². The second-order valence-corrected chi connectivity index (χ2v) is 3.69. The van der Waals surface area contributed by atoms with Crippen molar-refractivity contribution in [2.24, 2.45) is 0 Å². The molecule has 0 saturated heterocycles. The number of carbonyl (C=O) groups is 1. The topological polar surface area (TPSA) is 47.6 Å². The fraction of sp³-hybridized carbons (Fsp3) is 0.727. The molecule has 4 nitrogen and oxygen atoms in total. The molecule has 0 aliphatic carbocycles. The number of ether oxygens (including phenoxy) is 2. The van der Waals surface area contributed by atoms with Gasteiger partial charge in [0.25, 0.3) is 0 Å². The van der Waals surface area contributed by atoms with E-state index in [4.69, 9.17) is 9.47 Å². The Bertz CT molecular complexity index is 206. The Kier molecular flexibility index (Phi) is 6.99. The van der Waals surface area contributed by atoms with Gasteiger partial charge in [-0.25, -0.2) is 0 Å². The van der Waals surface area contributed by atoms with Gasteiger partial charge in [-0.15, -0.1) is 6.58 Å². The van der Waals surface area contributed by atoms with Crippen LogP contribution in [0.5, 0.6) is 0 Å². The minimum atomic E-state index is -0.460. The molecule has 0 bridgehead atoms. The van der Waals surface area contributed by atoms with Crippen molar-refractivity contribution in [1.82, 2.24) is 5.32 Å². The van der Waals surface area contributed by atoms with Crippen molar-refractivity contribution >= 4 is 5.91 Å². The van der Waals surface area contributed by atoms with Crippen molar-refractivity contribution < 1.29 is 14.3 Å². The molecule has 1 atom stereocenters. The zero-order valence-electron chi connectivity index (χ0n) is 9.84. The number of hydrogen-bond acceptors (Lipinski definition) is 3. The average Bonchev–Trinajstić information content (AvgIpc) is 2.24. The van der Waals surface area contributed by atoms with Crippen molar-refractivity contribution in [1.29, 1.82) is 0 Å². The van der Waals surface area contributed by atoms with Gasteiger partial charge < -0.3 is 14.8 Å². The molecule has 15 heavy (non-hydrogen) atoms. The highest BCUT2D eigenvalue weighted by Crippen LogP contribution is 2.07. The van der Waals surface area contributed by atoms with Crippen LogP contribution in [0.1, 0.15) is 19.8 Å². The number of methoxy groups -OCH3 is 2. The molecular formula is C11H21NO3. The number of carbonyl (C=O) groups excluding carboxylic acids is 1. The standard InChI is InChI=1S/C11H21NO3/c1-5-6-7-10(13)12-8-11(2,15-4)9-14-3/h5H,1,6-9H2,2-4H3,(H,12,13). The molecule has 0 aliphatic heterocycles. The lowest BCUT2D eigenvalue weighted by Gasteiger charge is -2.27. The maximum atomic E-state index is 11.3. The first-order chi connectivity index (χ1) is 7.08. The van der Waals surface area contributed by atoms with E-state index in [1.54, 1.807) is 20.3 Å². The van der Waals surface area contributed by atoms with E-state index in [1.807, 2.05) is 6.92 Å². The highest BCUT2D eigenvalue weighted by molar-refractivity contribution is 5.76. The van der Waals surface area contributed by atoms with E-state index in [0.29, 0.717) is 26.0 Å². The minimum absolute atomic E-state index is 0.00859. The summed E-state index contributed by atoms with van der Waals surface area (Å²) in [6.45, 7) is 6.36. The Hall–Kier alpha value is -0.870. The first kappa shape index (κ1) is 14.1. The summed E-state index contributed by atoms with van der Waals surface area (Å²) in [5.41, 5.74) is -0.460. The molecule has 1 amide bonds. The molecule has 0 aromatic carbocycles. The van der Waals surface area contributed by atoms with Crippen LogP contribution in [0, 0.1) is 0 Å². The van der Waals surface area contributed by atoms with Gasteiger partial charge in [0.1, 0.15) is 5.60 Å². The second-order valence-electron chi connectivity index (χ2n) is 3.69. The lowest BCUT2D eigenvalue weighted by atomic mass is 10.1. The van der Waals surface area contributed by atoms with Crippen LogP contribution in [0.25, 0.3) is 0 Å². The van der Waals surface area contributed by atoms with E-state index in [-0.39, 0.29) is 5.91 Å². The van der Waals surface area contributed by atoms with Gasteiger partial charge in [-0.2, -0.15) is 0 Å². The number of rotatable bonds is 8. The lowest BCUT2D eigenvalue weighted by molar-refractivity contribution is -0.123. The van der Waals surface area contributed by atoms with Crippen LogP contribution in [-0.2, 0) is 14.3 Å². The summed E-state index contributed by atoms with van der Waals surface area (Å²) >= 11 is 0. The van der Waals surface area contributed by atoms with E-state index in [1.165, 1.54) is 0 Å². The highest BCUT2D eigenvalue weighted by Gasteiger charge is 2.23. The quantitative estimate of drug-likeness (QED) is 0.617. The normalized spacial score (nSPS) is 14.3. The molecule has 88 valence electrons. The molecule has 1 unspecified atom stereocenters. The van der Waals surface area contributed by atoms with Crippen LogP contribution in [0.3, 0.4) is 0 Å². The summed E-state index contributed by atoms with van der Waals surface area (Å²) in [6, 6.07) is 0. The van der Waals surface area contributed by atoms with Crippen LogP contribution >= 0.6 is 0 Å². The Labute approximate surface area is 91.6 Å². The highest BCUT2D eigenvalue weighted by atomic mass is 16.5. The van der Waals surface area contributed by atoms with Gasteiger partial charge in [0.2, 0.25) is 5.91 Å². The predicted molar refractivity (Wildman–Crippen MR) is 59.7 cm³/mol. The molecule has 0 aliphatic rings. The molecule has 0 spiro atoms.